The van der Waals surface area contributed by atoms with Gasteiger partial charge < -0.3 is 9.84 Å². The number of ketones is 1. The summed E-state index contributed by atoms with van der Waals surface area (Å²) in [6, 6.07) is 0. The van der Waals surface area contributed by atoms with Crippen LogP contribution in [0.2, 0.25) is 0 Å². The summed E-state index contributed by atoms with van der Waals surface area (Å²) in [4.78, 5) is 11.5. The molecule has 1 N–H and O–H groups in total. The highest BCUT2D eigenvalue weighted by molar-refractivity contribution is 5.82. The fraction of sp³-hybridized carbons (Fsp3) is 0.889. The summed E-state index contributed by atoms with van der Waals surface area (Å²) in [7, 11) is 0. The van der Waals surface area contributed by atoms with Crippen LogP contribution in [0.5, 0.6) is 0 Å². The zero-order valence-corrected chi connectivity index (χ0v) is 7.03. The van der Waals surface area contributed by atoms with Gasteiger partial charge in [0.1, 0.15) is 5.78 Å². The van der Waals surface area contributed by atoms with Crippen LogP contribution in [-0.4, -0.2) is 23.8 Å². The van der Waals surface area contributed by atoms with Crippen LogP contribution < -0.4 is 0 Å². The van der Waals surface area contributed by atoms with E-state index in [-0.39, 0.29) is 11.7 Å². The highest BCUT2D eigenvalue weighted by Crippen LogP contribution is 2.35. The minimum atomic E-state index is -0.823. The van der Waals surface area contributed by atoms with E-state index in [0.717, 1.165) is 0 Å². The van der Waals surface area contributed by atoms with Crippen molar-refractivity contribution in [1.82, 2.24) is 0 Å². The number of hydrogen-bond donors (Lipinski definition) is 1. The Morgan fingerprint density at radius 2 is 2.17 bits per heavy atom. The lowest BCUT2D eigenvalue weighted by Gasteiger charge is -2.10. The first-order valence-electron chi connectivity index (χ1n) is 4.60. The van der Waals surface area contributed by atoms with Crippen LogP contribution in [0, 0.1) is 11.8 Å². The van der Waals surface area contributed by atoms with Crippen molar-refractivity contribution in [3.05, 3.63) is 0 Å². The maximum Gasteiger partial charge on any atom is 0.164 e. The Hall–Kier alpha value is -0.410. The Balaban J connectivity index is 1.84. The fourth-order valence-electron chi connectivity index (χ4n) is 1.65. The molecule has 0 bridgehead atoms. The summed E-state index contributed by atoms with van der Waals surface area (Å²) >= 11 is 0. The van der Waals surface area contributed by atoms with Crippen molar-refractivity contribution in [2.75, 3.05) is 6.61 Å². The molecule has 2 unspecified atom stereocenters. The van der Waals surface area contributed by atoms with Gasteiger partial charge in [-0.1, -0.05) is 0 Å². The molecule has 0 amide bonds. The van der Waals surface area contributed by atoms with Crippen molar-refractivity contribution in [3.8, 4) is 0 Å². The van der Waals surface area contributed by atoms with Crippen LogP contribution in [0.15, 0.2) is 0 Å². The molecule has 0 radical (unpaired) electrons. The number of carbonyl (C=O) groups is 1. The van der Waals surface area contributed by atoms with Crippen LogP contribution in [0.4, 0.5) is 0 Å². The van der Waals surface area contributed by atoms with Crippen molar-refractivity contribution in [2.45, 2.75) is 32.0 Å². The smallest absolute Gasteiger partial charge is 0.164 e. The van der Waals surface area contributed by atoms with E-state index >= 15 is 0 Å². The first-order chi connectivity index (χ1) is 5.77. The van der Waals surface area contributed by atoms with Crippen molar-refractivity contribution < 1.29 is 14.6 Å². The van der Waals surface area contributed by atoms with Gasteiger partial charge in [0.05, 0.1) is 12.5 Å². The number of hydrogen-bond acceptors (Lipinski definition) is 3. The summed E-state index contributed by atoms with van der Waals surface area (Å²) in [5.41, 5.74) is 0. The van der Waals surface area contributed by atoms with Gasteiger partial charge in [0.2, 0.25) is 0 Å². The number of carbonyl (C=O) groups excluding carboxylic acids is 1. The summed E-state index contributed by atoms with van der Waals surface area (Å²) < 4.78 is 4.92. The average molecular weight is 170 g/mol. The van der Waals surface area contributed by atoms with Gasteiger partial charge in [-0.3, -0.25) is 4.79 Å². The second-order valence-electron chi connectivity index (χ2n) is 3.77. The van der Waals surface area contributed by atoms with E-state index in [1.165, 1.54) is 12.8 Å². The number of rotatable bonds is 3. The largest absolute Gasteiger partial charge is 0.367 e. The SMILES string of the molecule is O=C(CC1CC1)C1CCOC1O. The van der Waals surface area contributed by atoms with Gasteiger partial charge in [-0.15, -0.1) is 0 Å². The predicted octanol–water partition coefficient (Wildman–Crippen LogP) is 0.710. The second-order valence-corrected chi connectivity index (χ2v) is 3.77. The van der Waals surface area contributed by atoms with Gasteiger partial charge in [0, 0.05) is 6.42 Å². The molecule has 0 aromatic heterocycles. The topological polar surface area (TPSA) is 46.5 Å². The molecule has 3 nitrogen and oxygen atoms in total. The molecule has 1 aliphatic heterocycles. The molecule has 1 saturated heterocycles. The van der Waals surface area contributed by atoms with E-state index < -0.39 is 6.29 Å². The molecule has 1 aliphatic carbocycles. The van der Waals surface area contributed by atoms with E-state index in [9.17, 15) is 9.90 Å². The zero-order valence-electron chi connectivity index (χ0n) is 7.03. The average Bonchev–Trinajstić information content (AvgIpc) is 2.72. The molecular weight excluding hydrogens is 156 g/mol. The van der Waals surface area contributed by atoms with Crippen LogP contribution in [0.1, 0.15) is 25.7 Å². The van der Waals surface area contributed by atoms with Crippen LogP contribution in [0.25, 0.3) is 0 Å². The monoisotopic (exact) mass is 170 g/mol. The maximum absolute atomic E-state index is 11.5. The van der Waals surface area contributed by atoms with E-state index in [0.29, 0.717) is 25.4 Å². The summed E-state index contributed by atoms with van der Waals surface area (Å²) in [6.07, 6.45) is 2.92. The molecule has 68 valence electrons. The zero-order chi connectivity index (χ0) is 8.55. The minimum Gasteiger partial charge on any atom is -0.367 e. The Bertz CT molecular complexity index is 186. The molecule has 0 spiro atoms. The van der Waals surface area contributed by atoms with Crippen LogP contribution in [-0.2, 0) is 9.53 Å². The molecule has 3 heteroatoms. The summed E-state index contributed by atoms with van der Waals surface area (Å²) in [5.74, 6) is 0.582. The number of aliphatic hydroxyl groups excluding tert-OH is 1. The molecule has 1 heterocycles. The third-order valence-corrected chi connectivity index (χ3v) is 2.66. The van der Waals surface area contributed by atoms with E-state index in [4.69, 9.17) is 4.74 Å². The molecule has 2 rings (SSSR count). The molecule has 2 atom stereocenters. The van der Waals surface area contributed by atoms with Gasteiger partial charge in [-0.05, 0) is 25.2 Å². The Labute approximate surface area is 71.7 Å². The van der Waals surface area contributed by atoms with E-state index in [1.807, 2.05) is 0 Å². The number of ether oxygens (including phenoxy) is 1. The molecular formula is C9H14O3. The Morgan fingerprint density at radius 3 is 2.67 bits per heavy atom. The Kier molecular flexibility index (Phi) is 2.15. The fourth-order valence-corrected chi connectivity index (χ4v) is 1.65. The summed E-state index contributed by atoms with van der Waals surface area (Å²) in [5, 5.41) is 9.25. The number of Topliss-reactive ketones (excluding diaryl/α,β-unsaturated/α-hetero) is 1. The second kappa shape index (κ2) is 3.15. The molecule has 2 aliphatic rings. The van der Waals surface area contributed by atoms with Crippen molar-refractivity contribution in [3.63, 3.8) is 0 Å². The molecule has 0 aromatic carbocycles. The third kappa shape index (κ3) is 1.67. The molecule has 0 aromatic rings. The van der Waals surface area contributed by atoms with Gasteiger partial charge in [0.25, 0.3) is 0 Å². The standard InChI is InChI=1S/C9H14O3/c10-8(5-6-1-2-6)7-3-4-12-9(7)11/h6-7,9,11H,1-5H2. The molecule has 1 saturated carbocycles. The first-order valence-corrected chi connectivity index (χ1v) is 4.60. The minimum absolute atomic E-state index is 0.197. The molecule has 12 heavy (non-hydrogen) atoms. The van der Waals surface area contributed by atoms with Crippen LogP contribution >= 0.6 is 0 Å². The normalized spacial score (nSPS) is 35.4. The van der Waals surface area contributed by atoms with Gasteiger partial charge in [-0.25, -0.2) is 0 Å². The van der Waals surface area contributed by atoms with Crippen molar-refractivity contribution in [2.24, 2.45) is 11.8 Å². The highest BCUT2D eigenvalue weighted by Gasteiger charge is 2.35. The third-order valence-electron chi connectivity index (χ3n) is 2.66. The lowest BCUT2D eigenvalue weighted by atomic mass is 9.98. The van der Waals surface area contributed by atoms with Gasteiger partial charge in [-0.2, -0.15) is 0 Å². The number of aliphatic hydroxyl groups is 1. The van der Waals surface area contributed by atoms with Crippen molar-refractivity contribution >= 4 is 5.78 Å². The quantitative estimate of drug-likeness (QED) is 0.678. The lowest BCUT2D eigenvalue weighted by Crippen LogP contribution is -2.23. The van der Waals surface area contributed by atoms with Crippen molar-refractivity contribution in [1.29, 1.82) is 0 Å². The molecule has 2 fully saturated rings. The predicted molar refractivity (Wildman–Crippen MR) is 42.4 cm³/mol. The van der Waals surface area contributed by atoms with Gasteiger partial charge >= 0.3 is 0 Å². The Morgan fingerprint density at radius 1 is 1.42 bits per heavy atom. The first kappa shape index (κ1) is 8.20. The van der Waals surface area contributed by atoms with Gasteiger partial charge in [0.15, 0.2) is 6.29 Å². The highest BCUT2D eigenvalue weighted by atomic mass is 16.6. The summed E-state index contributed by atoms with van der Waals surface area (Å²) in [6.45, 7) is 0.530. The van der Waals surface area contributed by atoms with Crippen LogP contribution in [0.3, 0.4) is 0 Å². The van der Waals surface area contributed by atoms with E-state index in [1.54, 1.807) is 0 Å². The lowest BCUT2D eigenvalue weighted by molar-refractivity contribution is -0.135. The van der Waals surface area contributed by atoms with E-state index in [2.05, 4.69) is 0 Å². The maximum atomic E-state index is 11.5.